The van der Waals surface area contributed by atoms with Crippen LogP contribution in [0.1, 0.15) is 0 Å². The lowest BCUT2D eigenvalue weighted by atomic mass is 9.89. The number of para-hydroxylation sites is 1. The van der Waals surface area contributed by atoms with Crippen LogP contribution in [0.15, 0.2) is 223 Å². The number of nitrogens with zero attached hydrogens (tertiary/aromatic N) is 2. The van der Waals surface area contributed by atoms with Gasteiger partial charge in [-0.2, -0.15) is 0 Å². The van der Waals surface area contributed by atoms with E-state index in [0.717, 1.165) is 55.6 Å². The predicted octanol–water partition coefficient (Wildman–Crippen LogP) is 15.4. The Labute approximate surface area is 336 Å². The zero-order chi connectivity index (χ0) is 38.4. The molecule has 0 spiro atoms. The van der Waals surface area contributed by atoms with Crippen LogP contribution in [0.25, 0.3) is 88.3 Å². The van der Waals surface area contributed by atoms with Crippen molar-refractivity contribution in [2.75, 3.05) is 4.90 Å². The van der Waals surface area contributed by atoms with Crippen molar-refractivity contribution in [3.63, 3.8) is 0 Å². The fourth-order valence-electron chi connectivity index (χ4n) is 8.38. The van der Waals surface area contributed by atoms with Crippen molar-refractivity contribution in [2.45, 2.75) is 0 Å². The highest BCUT2D eigenvalue weighted by molar-refractivity contribution is 6.06. The molecule has 0 saturated heterocycles. The van der Waals surface area contributed by atoms with E-state index in [4.69, 9.17) is 9.40 Å². The maximum atomic E-state index is 6.45. The molecule has 0 aliphatic rings. The Morgan fingerprint density at radius 2 is 0.914 bits per heavy atom. The van der Waals surface area contributed by atoms with Gasteiger partial charge in [0.25, 0.3) is 0 Å². The highest BCUT2D eigenvalue weighted by Crippen LogP contribution is 2.41. The maximum Gasteiger partial charge on any atom is 0.227 e. The highest BCUT2D eigenvalue weighted by Gasteiger charge is 2.17. The molecular weight excluding hydrogens is 705 g/mol. The van der Waals surface area contributed by atoms with E-state index in [0.29, 0.717) is 5.89 Å². The van der Waals surface area contributed by atoms with Crippen molar-refractivity contribution < 1.29 is 4.42 Å². The number of hydrogen-bond acceptors (Lipinski definition) is 3. The van der Waals surface area contributed by atoms with Gasteiger partial charge in [-0.15, -0.1) is 0 Å². The third-order valence-corrected chi connectivity index (χ3v) is 11.3. The van der Waals surface area contributed by atoms with Gasteiger partial charge in [-0.25, -0.2) is 4.98 Å². The third-order valence-electron chi connectivity index (χ3n) is 11.3. The molecule has 1 aromatic heterocycles. The summed E-state index contributed by atoms with van der Waals surface area (Å²) in [7, 11) is 0. The number of fused-ring (bicyclic) bond motifs is 5. The fourth-order valence-corrected chi connectivity index (χ4v) is 8.38. The van der Waals surface area contributed by atoms with E-state index in [1.54, 1.807) is 0 Å². The molecule has 1 heterocycles. The molecule has 10 aromatic carbocycles. The van der Waals surface area contributed by atoms with E-state index >= 15 is 0 Å². The van der Waals surface area contributed by atoms with Gasteiger partial charge in [0.05, 0.1) is 0 Å². The average molecular weight is 741 g/mol. The first-order chi connectivity index (χ1) is 28.7. The second kappa shape index (κ2) is 14.1. The predicted molar refractivity (Wildman–Crippen MR) is 243 cm³/mol. The van der Waals surface area contributed by atoms with Crippen LogP contribution in [0.3, 0.4) is 0 Å². The summed E-state index contributed by atoms with van der Waals surface area (Å²) in [5.74, 6) is 0.635. The van der Waals surface area contributed by atoms with Gasteiger partial charge in [0.2, 0.25) is 5.89 Å². The third kappa shape index (κ3) is 5.98. The van der Waals surface area contributed by atoms with E-state index < -0.39 is 0 Å². The molecule has 58 heavy (non-hydrogen) atoms. The quantitative estimate of drug-likeness (QED) is 0.163. The van der Waals surface area contributed by atoms with Crippen LogP contribution in [-0.2, 0) is 0 Å². The summed E-state index contributed by atoms with van der Waals surface area (Å²) in [5, 5.41) is 7.01. The van der Waals surface area contributed by atoms with Gasteiger partial charge in [-0.3, -0.25) is 0 Å². The first-order valence-corrected chi connectivity index (χ1v) is 19.7. The monoisotopic (exact) mass is 740 g/mol. The molecule has 0 fully saturated rings. The van der Waals surface area contributed by atoms with E-state index in [-0.39, 0.29) is 0 Å². The molecule has 272 valence electrons. The van der Waals surface area contributed by atoms with Crippen LogP contribution >= 0.6 is 0 Å². The minimum Gasteiger partial charge on any atom is -0.435 e. The number of hydrogen-bond donors (Lipinski definition) is 0. The zero-order valence-corrected chi connectivity index (χ0v) is 31.6. The second-order valence-corrected chi connectivity index (χ2v) is 14.8. The largest absolute Gasteiger partial charge is 0.435 e. The van der Waals surface area contributed by atoms with Gasteiger partial charge in [-0.05, 0) is 127 Å². The molecule has 0 saturated carbocycles. The van der Waals surface area contributed by atoms with Gasteiger partial charge in [-0.1, -0.05) is 152 Å². The van der Waals surface area contributed by atoms with E-state index in [2.05, 4.69) is 223 Å². The molecule has 11 rings (SSSR count). The lowest BCUT2D eigenvalue weighted by molar-refractivity contribution is 0.623. The molecule has 0 amide bonds. The minimum absolute atomic E-state index is 0.635. The van der Waals surface area contributed by atoms with Gasteiger partial charge < -0.3 is 9.32 Å². The lowest BCUT2D eigenvalue weighted by Gasteiger charge is -2.26. The number of benzene rings is 10. The molecule has 0 atom stereocenters. The molecule has 3 heteroatoms. The van der Waals surface area contributed by atoms with E-state index in [9.17, 15) is 0 Å². The topological polar surface area (TPSA) is 29.3 Å². The first-order valence-electron chi connectivity index (χ1n) is 19.7. The van der Waals surface area contributed by atoms with Crippen LogP contribution in [-0.4, -0.2) is 4.98 Å². The summed E-state index contributed by atoms with van der Waals surface area (Å²) in [4.78, 5) is 7.20. The number of rotatable bonds is 7. The maximum absolute atomic E-state index is 6.45. The van der Waals surface area contributed by atoms with Crippen LogP contribution in [0.2, 0.25) is 0 Å². The number of aromatic nitrogens is 1. The Bertz CT molecular complexity index is 3260. The summed E-state index contributed by atoms with van der Waals surface area (Å²) in [6.07, 6.45) is 0. The number of anilines is 3. The van der Waals surface area contributed by atoms with Crippen molar-refractivity contribution in [1.82, 2.24) is 4.98 Å². The van der Waals surface area contributed by atoms with Crippen molar-refractivity contribution >= 4 is 60.5 Å². The first kappa shape index (κ1) is 33.6. The van der Waals surface area contributed by atoms with Crippen LogP contribution in [0.4, 0.5) is 17.1 Å². The van der Waals surface area contributed by atoms with E-state index in [1.807, 2.05) is 0 Å². The molecule has 0 radical (unpaired) electrons. The summed E-state index contributed by atoms with van der Waals surface area (Å²) < 4.78 is 6.45. The highest BCUT2D eigenvalue weighted by atomic mass is 16.3. The molecule has 11 aromatic rings. The Balaban J connectivity index is 0.927. The fraction of sp³-hybridized carbons (Fsp3) is 0. The Kier molecular flexibility index (Phi) is 8.15. The summed E-state index contributed by atoms with van der Waals surface area (Å²) in [6.45, 7) is 0. The van der Waals surface area contributed by atoms with Crippen LogP contribution in [0.5, 0.6) is 0 Å². The summed E-state index contributed by atoms with van der Waals surface area (Å²) in [5.41, 5.74) is 13.1. The normalized spacial score (nSPS) is 11.4. The van der Waals surface area contributed by atoms with Crippen LogP contribution < -0.4 is 4.90 Å². The molecule has 0 unspecified atom stereocenters. The molecule has 0 aliphatic carbocycles. The number of oxazole rings is 1. The standard InChI is InChI=1S/C55H36N2O/c1-3-12-39(13-4-1)50-32-25-40-14-9-10-18-49(40)53(50)41-23-30-48(31-24-41)57(46-16-5-2-6-17-46)47-28-21-38(22-29-47)43-26-33-51-44(35-43)27-34-52-54(51)58-55(56-52)45-20-19-37-11-7-8-15-42(37)36-45/h1-36H. The molecule has 0 bridgehead atoms. The van der Waals surface area contributed by atoms with Gasteiger partial charge in [0, 0.05) is 28.0 Å². The van der Waals surface area contributed by atoms with Crippen molar-refractivity contribution in [3.8, 4) is 44.8 Å². The molecule has 3 nitrogen and oxygen atoms in total. The minimum atomic E-state index is 0.635. The Morgan fingerprint density at radius 1 is 0.345 bits per heavy atom. The summed E-state index contributed by atoms with van der Waals surface area (Å²) in [6, 6.07) is 77.8. The Hall–Kier alpha value is -7.75. The zero-order valence-electron chi connectivity index (χ0n) is 31.6. The van der Waals surface area contributed by atoms with Crippen molar-refractivity contribution in [3.05, 3.63) is 218 Å². The van der Waals surface area contributed by atoms with Crippen molar-refractivity contribution in [1.29, 1.82) is 0 Å². The molecule has 0 N–H and O–H groups in total. The molecule has 0 aliphatic heterocycles. The Morgan fingerprint density at radius 3 is 1.69 bits per heavy atom. The lowest BCUT2D eigenvalue weighted by Crippen LogP contribution is -2.09. The van der Waals surface area contributed by atoms with Gasteiger partial charge >= 0.3 is 0 Å². The second-order valence-electron chi connectivity index (χ2n) is 14.8. The van der Waals surface area contributed by atoms with E-state index in [1.165, 1.54) is 43.8 Å². The summed E-state index contributed by atoms with van der Waals surface area (Å²) >= 11 is 0. The average Bonchev–Trinajstić information content (AvgIpc) is 3.75. The van der Waals surface area contributed by atoms with Gasteiger partial charge in [0.15, 0.2) is 5.58 Å². The molecular formula is C55H36N2O. The van der Waals surface area contributed by atoms with Crippen molar-refractivity contribution in [2.24, 2.45) is 0 Å². The smallest absolute Gasteiger partial charge is 0.227 e. The van der Waals surface area contributed by atoms with Crippen LogP contribution in [0, 0.1) is 0 Å². The SMILES string of the molecule is c1ccc(-c2ccc3ccccc3c2-c2ccc(N(c3ccccc3)c3ccc(-c4ccc5c(ccc6nc(-c7ccc8ccccc8c7)oc65)c4)cc3)cc2)cc1. The van der Waals surface area contributed by atoms with Gasteiger partial charge in [0.1, 0.15) is 5.52 Å².